The molecule has 0 radical (unpaired) electrons. The quantitative estimate of drug-likeness (QED) is 0.828. The molecular formula is C11H9N3S2. The summed E-state index contributed by atoms with van der Waals surface area (Å²) in [4.78, 5) is 5.29. The average molecular weight is 247 g/mol. The molecule has 5 heteroatoms. The van der Waals surface area contributed by atoms with Crippen molar-refractivity contribution in [2.45, 2.75) is 16.2 Å². The van der Waals surface area contributed by atoms with Crippen molar-refractivity contribution in [3.63, 3.8) is 0 Å². The van der Waals surface area contributed by atoms with Gasteiger partial charge >= 0.3 is 0 Å². The number of benzene rings is 1. The van der Waals surface area contributed by atoms with E-state index in [1.807, 2.05) is 18.4 Å². The van der Waals surface area contributed by atoms with Gasteiger partial charge in [-0.3, -0.25) is 0 Å². The molecule has 0 atom stereocenters. The highest BCUT2D eigenvalue weighted by Crippen LogP contribution is 2.34. The third-order valence-corrected chi connectivity index (χ3v) is 4.08. The number of aryl methyl sites for hydroxylation is 1. The van der Waals surface area contributed by atoms with Crippen LogP contribution >= 0.6 is 23.1 Å². The zero-order valence-electron chi connectivity index (χ0n) is 8.60. The van der Waals surface area contributed by atoms with E-state index in [9.17, 15) is 0 Å². The second kappa shape index (κ2) is 4.56. The number of hydrogen-bond acceptors (Lipinski definition) is 5. The number of rotatable bonds is 2. The molecule has 2 N–H and O–H groups in total. The van der Waals surface area contributed by atoms with Crippen molar-refractivity contribution in [3.05, 3.63) is 34.8 Å². The smallest absolute Gasteiger partial charge is 0.154 e. The summed E-state index contributed by atoms with van der Waals surface area (Å²) >= 11 is 3.12. The lowest BCUT2D eigenvalue weighted by atomic mass is 10.2. The van der Waals surface area contributed by atoms with Crippen LogP contribution in [0.2, 0.25) is 0 Å². The van der Waals surface area contributed by atoms with Crippen molar-refractivity contribution in [2.75, 3.05) is 5.73 Å². The van der Waals surface area contributed by atoms with Crippen molar-refractivity contribution >= 4 is 28.8 Å². The van der Waals surface area contributed by atoms with Crippen molar-refractivity contribution in [2.24, 2.45) is 0 Å². The molecule has 0 aliphatic rings. The van der Waals surface area contributed by atoms with Gasteiger partial charge in [-0.15, -0.1) is 11.3 Å². The fraction of sp³-hybridized carbons (Fsp3) is 0.0909. The number of nitrogens with zero attached hydrogens (tertiary/aromatic N) is 2. The minimum absolute atomic E-state index is 0.581. The van der Waals surface area contributed by atoms with E-state index >= 15 is 0 Å². The molecule has 3 nitrogen and oxygen atoms in total. The van der Waals surface area contributed by atoms with Crippen LogP contribution in [0.1, 0.15) is 11.3 Å². The predicted molar refractivity (Wildman–Crippen MR) is 66.5 cm³/mol. The third kappa shape index (κ3) is 2.35. The molecule has 16 heavy (non-hydrogen) atoms. The number of thiazole rings is 1. The molecule has 0 aliphatic heterocycles. The molecule has 2 rings (SSSR count). The minimum atomic E-state index is 0.581. The second-order valence-corrected chi connectivity index (χ2v) is 5.37. The van der Waals surface area contributed by atoms with Gasteiger partial charge in [-0.25, -0.2) is 4.98 Å². The third-order valence-electron chi connectivity index (χ3n) is 1.93. The van der Waals surface area contributed by atoms with Gasteiger partial charge in [-0.1, -0.05) is 11.8 Å². The van der Waals surface area contributed by atoms with E-state index in [-0.39, 0.29) is 0 Å². The van der Waals surface area contributed by atoms with Gasteiger partial charge in [0, 0.05) is 21.7 Å². The molecule has 0 unspecified atom stereocenters. The fourth-order valence-electron chi connectivity index (χ4n) is 1.18. The normalized spacial score (nSPS) is 10.0. The first-order chi connectivity index (χ1) is 7.69. The highest BCUT2D eigenvalue weighted by molar-refractivity contribution is 8.01. The summed E-state index contributed by atoms with van der Waals surface area (Å²) in [5.74, 6) is 0. The topological polar surface area (TPSA) is 62.7 Å². The fourth-order valence-corrected chi connectivity index (χ4v) is 3.00. The van der Waals surface area contributed by atoms with E-state index in [2.05, 4.69) is 11.1 Å². The van der Waals surface area contributed by atoms with E-state index in [0.717, 1.165) is 14.9 Å². The summed E-state index contributed by atoms with van der Waals surface area (Å²) in [6, 6.07) is 7.36. The number of nitrogens with two attached hydrogens (primary N) is 1. The molecule has 0 fully saturated rings. The first-order valence-corrected chi connectivity index (χ1v) is 6.28. The Morgan fingerprint density at radius 3 is 2.88 bits per heavy atom. The maximum atomic E-state index is 8.72. The zero-order chi connectivity index (χ0) is 11.5. The van der Waals surface area contributed by atoms with Gasteiger partial charge in [-0.05, 0) is 25.1 Å². The van der Waals surface area contributed by atoms with Crippen LogP contribution in [0.25, 0.3) is 0 Å². The Hall–Kier alpha value is -1.51. The van der Waals surface area contributed by atoms with E-state index in [4.69, 9.17) is 11.0 Å². The van der Waals surface area contributed by atoms with Crippen molar-refractivity contribution in [1.29, 1.82) is 5.26 Å². The molecule has 0 saturated carbocycles. The largest absolute Gasteiger partial charge is 0.398 e. The van der Waals surface area contributed by atoms with Crippen molar-refractivity contribution in [1.82, 2.24) is 4.98 Å². The summed E-state index contributed by atoms with van der Waals surface area (Å²) in [6.07, 6.45) is 0. The summed E-state index contributed by atoms with van der Waals surface area (Å²) in [6.45, 7) is 1.96. The second-order valence-electron chi connectivity index (χ2n) is 3.22. The Morgan fingerprint density at radius 2 is 2.31 bits per heavy atom. The Balaban J connectivity index is 2.26. The molecule has 1 heterocycles. The van der Waals surface area contributed by atoms with Gasteiger partial charge in [-0.2, -0.15) is 5.26 Å². The van der Waals surface area contributed by atoms with Crippen molar-refractivity contribution < 1.29 is 0 Å². The van der Waals surface area contributed by atoms with E-state index in [1.54, 1.807) is 23.5 Å². The Labute approximate surface area is 102 Å². The molecule has 0 aliphatic carbocycles. The van der Waals surface area contributed by atoms with Gasteiger partial charge in [0.15, 0.2) is 4.34 Å². The number of nitriles is 1. The van der Waals surface area contributed by atoms with Crippen LogP contribution in [0.15, 0.2) is 32.8 Å². The first-order valence-electron chi connectivity index (χ1n) is 4.58. The molecule has 2 aromatic rings. The summed E-state index contributed by atoms with van der Waals surface area (Å²) in [5, 5.41) is 10.7. The van der Waals surface area contributed by atoms with Crippen LogP contribution in [0.5, 0.6) is 0 Å². The predicted octanol–water partition coefficient (Wildman–Crippen LogP) is 3.06. The lowest BCUT2D eigenvalue weighted by molar-refractivity contribution is 1.16. The number of hydrogen-bond donors (Lipinski definition) is 1. The van der Waals surface area contributed by atoms with Crippen LogP contribution < -0.4 is 5.73 Å². The summed E-state index contributed by atoms with van der Waals surface area (Å²) < 4.78 is 0.967. The molecule has 0 saturated heterocycles. The first kappa shape index (κ1) is 11.0. The van der Waals surface area contributed by atoms with Crippen LogP contribution in [0, 0.1) is 18.3 Å². The Morgan fingerprint density at radius 1 is 1.50 bits per heavy atom. The van der Waals surface area contributed by atoms with Crippen molar-refractivity contribution in [3.8, 4) is 6.07 Å². The molecule has 0 amide bonds. The Bertz CT molecular complexity index is 555. The van der Waals surface area contributed by atoms with Crippen LogP contribution in [0.3, 0.4) is 0 Å². The molecule has 1 aromatic carbocycles. The number of aromatic nitrogens is 1. The maximum absolute atomic E-state index is 8.72. The lowest BCUT2D eigenvalue weighted by Gasteiger charge is -2.02. The summed E-state index contributed by atoms with van der Waals surface area (Å²) in [7, 11) is 0. The maximum Gasteiger partial charge on any atom is 0.154 e. The molecular weight excluding hydrogens is 238 g/mol. The van der Waals surface area contributed by atoms with E-state index in [1.165, 1.54) is 11.8 Å². The van der Waals surface area contributed by atoms with Gasteiger partial charge in [0.25, 0.3) is 0 Å². The highest BCUT2D eigenvalue weighted by atomic mass is 32.2. The molecule has 0 bridgehead atoms. The van der Waals surface area contributed by atoms with Crippen LogP contribution in [-0.4, -0.2) is 4.98 Å². The molecule has 0 spiro atoms. The molecule has 1 aromatic heterocycles. The van der Waals surface area contributed by atoms with E-state index in [0.29, 0.717) is 11.3 Å². The van der Waals surface area contributed by atoms with Crippen LogP contribution in [-0.2, 0) is 0 Å². The van der Waals surface area contributed by atoms with Gasteiger partial charge in [0.05, 0.1) is 11.6 Å². The lowest BCUT2D eigenvalue weighted by Crippen LogP contribution is -1.89. The zero-order valence-corrected chi connectivity index (χ0v) is 10.2. The number of anilines is 1. The standard InChI is InChI=1S/C11H9N3S2/c1-7-6-15-11(14-7)16-10-3-2-8(5-12)4-9(10)13/h2-4,6H,13H2,1H3. The number of nitrogen functional groups attached to an aromatic ring is 1. The van der Waals surface area contributed by atoms with Gasteiger partial charge in [0.1, 0.15) is 0 Å². The van der Waals surface area contributed by atoms with Gasteiger partial charge < -0.3 is 5.73 Å². The average Bonchev–Trinajstić information content (AvgIpc) is 2.67. The minimum Gasteiger partial charge on any atom is -0.398 e. The van der Waals surface area contributed by atoms with Gasteiger partial charge in [0.2, 0.25) is 0 Å². The van der Waals surface area contributed by atoms with Crippen LogP contribution in [0.4, 0.5) is 5.69 Å². The van der Waals surface area contributed by atoms with E-state index < -0.39 is 0 Å². The summed E-state index contributed by atoms with van der Waals surface area (Å²) in [5.41, 5.74) is 8.07. The monoisotopic (exact) mass is 247 g/mol. The SMILES string of the molecule is Cc1csc(Sc2ccc(C#N)cc2N)n1. The molecule has 80 valence electrons. The Kier molecular flexibility index (Phi) is 3.13. The highest BCUT2D eigenvalue weighted by Gasteiger charge is 2.05.